The van der Waals surface area contributed by atoms with E-state index in [1.165, 1.54) is 30.5 Å². The first kappa shape index (κ1) is 17.6. The van der Waals surface area contributed by atoms with Gasteiger partial charge in [0.25, 0.3) is 0 Å². The van der Waals surface area contributed by atoms with Gasteiger partial charge in [0, 0.05) is 42.7 Å². The van der Waals surface area contributed by atoms with E-state index in [9.17, 15) is 13.7 Å². The molecule has 1 aromatic carbocycles. The normalized spacial score (nSPS) is 16.6. The molecular weight excluding hydrogens is 358 g/mol. The summed E-state index contributed by atoms with van der Waals surface area (Å²) in [6.45, 7) is 1.42. The van der Waals surface area contributed by atoms with Crippen molar-refractivity contribution in [3.8, 4) is 6.07 Å². The van der Waals surface area contributed by atoms with Crippen LogP contribution in [0.3, 0.4) is 0 Å². The van der Waals surface area contributed by atoms with E-state index in [0.29, 0.717) is 24.2 Å². The summed E-state index contributed by atoms with van der Waals surface area (Å²) in [7, 11) is -3.83. The molecule has 0 aliphatic carbocycles. The predicted octanol–water partition coefficient (Wildman–Crippen LogP) is 3.62. The van der Waals surface area contributed by atoms with E-state index in [0.717, 1.165) is 12.8 Å². The molecule has 0 bridgehead atoms. The Balaban J connectivity index is 1.75. The van der Waals surface area contributed by atoms with Gasteiger partial charge in [0.15, 0.2) is 4.91 Å². The first-order valence-electron chi connectivity index (χ1n) is 8.00. The first-order valence-corrected chi connectivity index (χ1v) is 9.86. The van der Waals surface area contributed by atoms with Crippen LogP contribution in [0.2, 0.25) is 5.02 Å². The van der Waals surface area contributed by atoms with Crippen LogP contribution >= 0.6 is 11.6 Å². The lowest BCUT2D eigenvalue weighted by Gasteiger charge is -2.32. The van der Waals surface area contributed by atoms with Crippen molar-refractivity contribution in [3.63, 3.8) is 0 Å². The number of nitriles is 1. The van der Waals surface area contributed by atoms with Crippen molar-refractivity contribution in [2.45, 2.75) is 23.8 Å². The van der Waals surface area contributed by atoms with E-state index in [1.807, 2.05) is 35.5 Å². The summed E-state index contributed by atoms with van der Waals surface area (Å²) in [5, 5.41) is 9.81. The summed E-state index contributed by atoms with van der Waals surface area (Å²) in [5.41, 5.74) is 0. The predicted molar refractivity (Wildman–Crippen MR) is 96.6 cm³/mol. The Hall–Kier alpha value is -2.23. The van der Waals surface area contributed by atoms with E-state index in [2.05, 4.69) is 4.57 Å². The lowest BCUT2D eigenvalue weighted by molar-refractivity contribution is 0.244. The quantitative estimate of drug-likeness (QED) is 0.765. The van der Waals surface area contributed by atoms with Crippen LogP contribution in [0.25, 0.3) is 0 Å². The van der Waals surface area contributed by atoms with Gasteiger partial charge in [0.05, 0.1) is 4.90 Å². The topological polar surface area (TPSA) is 66.1 Å². The second kappa shape index (κ2) is 7.34. The van der Waals surface area contributed by atoms with Crippen LogP contribution < -0.4 is 0 Å². The number of hydrogen-bond donors (Lipinski definition) is 0. The third-order valence-electron chi connectivity index (χ3n) is 4.37. The number of benzene rings is 1. The maximum Gasteiger partial charge on any atom is 0.218 e. The molecular formula is C18H18ClN3O2S. The fourth-order valence-corrected chi connectivity index (χ4v) is 4.25. The zero-order valence-corrected chi connectivity index (χ0v) is 15.1. The number of rotatable bonds is 4. The van der Waals surface area contributed by atoms with Crippen molar-refractivity contribution < 1.29 is 8.42 Å². The summed E-state index contributed by atoms with van der Waals surface area (Å²) in [6.07, 6.45) is 7.37. The lowest BCUT2D eigenvalue weighted by atomic mass is 10.1. The molecule has 25 heavy (non-hydrogen) atoms. The number of aromatic nitrogens is 1. The number of halogens is 1. The second-order valence-electron chi connectivity index (χ2n) is 5.96. The third-order valence-corrected chi connectivity index (χ3v) is 6.29. The fraction of sp³-hybridized carbons (Fsp3) is 0.278. The minimum absolute atomic E-state index is 0.0759. The highest BCUT2D eigenvalue weighted by Gasteiger charge is 2.24. The molecule has 0 radical (unpaired) electrons. The molecule has 1 aliphatic rings. The number of sulfone groups is 1. The smallest absolute Gasteiger partial charge is 0.218 e. The zero-order valence-electron chi connectivity index (χ0n) is 13.5. The molecule has 2 heterocycles. The Labute approximate surface area is 152 Å². The van der Waals surface area contributed by atoms with E-state index in [4.69, 9.17) is 11.6 Å². The second-order valence-corrected chi connectivity index (χ2v) is 8.31. The molecule has 0 saturated carbocycles. The largest absolute Gasteiger partial charge is 0.376 e. The molecule has 0 unspecified atom stereocenters. The number of likely N-dealkylation sites (tertiary alicyclic amines) is 1. The van der Waals surface area contributed by atoms with E-state index >= 15 is 0 Å². The van der Waals surface area contributed by atoms with Crippen LogP contribution in [-0.4, -0.2) is 31.0 Å². The van der Waals surface area contributed by atoms with Gasteiger partial charge in [-0.15, -0.1) is 0 Å². The van der Waals surface area contributed by atoms with Crippen molar-refractivity contribution in [2.24, 2.45) is 0 Å². The van der Waals surface area contributed by atoms with Gasteiger partial charge in [-0.25, -0.2) is 8.42 Å². The Morgan fingerprint density at radius 2 is 1.76 bits per heavy atom. The van der Waals surface area contributed by atoms with Gasteiger partial charge in [0.1, 0.15) is 6.07 Å². The maximum atomic E-state index is 12.6. The molecule has 1 fully saturated rings. The van der Waals surface area contributed by atoms with Crippen LogP contribution in [0, 0.1) is 11.3 Å². The van der Waals surface area contributed by atoms with Crippen LogP contribution in [0.1, 0.15) is 18.9 Å². The number of allylic oxidation sites excluding steroid dienone is 1. The highest BCUT2D eigenvalue weighted by Crippen LogP contribution is 2.25. The van der Waals surface area contributed by atoms with Crippen molar-refractivity contribution in [1.82, 2.24) is 9.47 Å². The third kappa shape index (κ3) is 3.89. The average molecular weight is 376 g/mol. The average Bonchev–Trinajstić information content (AvgIpc) is 3.15. The van der Waals surface area contributed by atoms with E-state index in [-0.39, 0.29) is 9.80 Å². The molecule has 1 aromatic heterocycles. The van der Waals surface area contributed by atoms with Gasteiger partial charge in [-0.05, 0) is 49.2 Å². The van der Waals surface area contributed by atoms with Gasteiger partial charge in [-0.1, -0.05) is 11.6 Å². The summed E-state index contributed by atoms with van der Waals surface area (Å²) >= 11 is 5.80. The summed E-state index contributed by atoms with van der Waals surface area (Å²) < 4.78 is 27.4. The van der Waals surface area contributed by atoms with Crippen molar-refractivity contribution >= 4 is 21.4 Å². The molecule has 0 amide bonds. The van der Waals surface area contributed by atoms with Gasteiger partial charge in [-0.3, -0.25) is 0 Å². The van der Waals surface area contributed by atoms with Crippen LogP contribution in [-0.2, 0) is 9.84 Å². The molecule has 130 valence electrons. The molecule has 1 saturated heterocycles. The van der Waals surface area contributed by atoms with Crippen molar-refractivity contribution in [1.29, 1.82) is 5.26 Å². The highest BCUT2D eigenvalue weighted by molar-refractivity contribution is 7.95. The molecule has 1 aliphatic heterocycles. The molecule has 3 rings (SSSR count). The Bertz CT molecular complexity index is 889. The summed E-state index contributed by atoms with van der Waals surface area (Å²) in [6, 6.07) is 12.1. The van der Waals surface area contributed by atoms with Gasteiger partial charge in [0.2, 0.25) is 9.84 Å². The molecule has 0 atom stereocenters. The minimum atomic E-state index is -3.83. The molecule has 7 heteroatoms. The van der Waals surface area contributed by atoms with Crippen molar-refractivity contribution in [3.05, 3.63) is 64.9 Å². The Morgan fingerprint density at radius 1 is 1.16 bits per heavy atom. The highest BCUT2D eigenvalue weighted by atomic mass is 35.5. The van der Waals surface area contributed by atoms with Gasteiger partial charge >= 0.3 is 0 Å². The number of hydrogen-bond acceptors (Lipinski definition) is 4. The SMILES string of the molecule is N#C/C(=C\N1CCC(n2cccc2)CC1)S(=O)(=O)c1ccc(Cl)cc1. The minimum Gasteiger partial charge on any atom is -0.376 e. The monoisotopic (exact) mass is 375 g/mol. The van der Waals surface area contributed by atoms with Crippen molar-refractivity contribution in [2.75, 3.05) is 13.1 Å². The molecule has 0 spiro atoms. The Kier molecular flexibility index (Phi) is 5.16. The van der Waals surface area contributed by atoms with Gasteiger partial charge < -0.3 is 9.47 Å². The van der Waals surface area contributed by atoms with E-state index < -0.39 is 9.84 Å². The molecule has 0 N–H and O–H groups in total. The standard InChI is InChI=1S/C18H18ClN3O2S/c19-15-3-5-17(6-4-15)25(23,24)18(13-20)14-21-11-7-16(8-12-21)22-9-1-2-10-22/h1-6,9-10,14,16H,7-8,11-12H2/b18-14+. The first-order chi connectivity index (χ1) is 12.0. The summed E-state index contributed by atoms with van der Waals surface area (Å²) in [5.74, 6) is 0. The maximum absolute atomic E-state index is 12.6. The zero-order chi connectivity index (χ0) is 17.9. The Morgan fingerprint density at radius 3 is 2.32 bits per heavy atom. The van der Waals surface area contributed by atoms with E-state index in [1.54, 1.807) is 0 Å². The van der Waals surface area contributed by atoms with Gasteiger partial charge in [-0.2, -0.15) is 5.26 Å². The van der Waals surface area contributed by atoms with Crippen LogP contribution in [0.4, 0.5) is 0 Å². The lowest BCUT2D eigenvalue weighted by Crippen LogP contribution is -2.31. The number of piperidine rings is 1. The summed E-state index contributed by atoms with van der Waals surface area (Å²) in [4.78, 5) is 1.74. The number of nitrogens with zero attached hydrogens (tertiary/aromatic N) is 3. The van der Waals surface area contributed by atoms with Crippen LogP contribution in [0.5, 0.6) is 0 Å². The van der Waals surface area contributed by atoms with Crippen LogP contribution in [0.15, 0.2) is 64.8 Å². The molecule has 2 aromatic rings. The molecule has 5 nitrogen and oxygen atoms in total. The fourth-order valence-electron chi connectivity index (χ4n) is 2.97.